The Hall–Kier alpha value is -4.15. The van der Waals surface area contributed by atoms with Crippen LogP contribution in [0.4, 0.5) is 18.9 Å². The Labute approximate surface area is 185 Å². The molecule has 0 aliphatic rings. The number of primary amides is 1. The second-order valence-electron chi connectivity index (χ2n) is 7.18. The highest BCUT2D eigenvalue weighted by atomic mass is 19.4. The molecular weight excluding hydrogens is 441 g/mol. The van der Waals surface area contributed by atoms with E-state index in [0.717, 1.165) is 12.1 Å². The smallest absolute Gasteiger partial charge is 0.366 e. The van der Waals surface area contributed by atoms with Crippen LogP contribution in [0.5, 0.6) is 0 Å². The molecule has 0 saturated heterocycles. The number of halogens is 3. The Morgan fingerprint density at radius 3 is 2.27 bits per heavy atom. The minimum Gasteiger partial charge on any atom is -0.366 e. The number of nitro groups is 1. The van der Waals surface area contributed by atoms with Crippen molar-refractivity contribution in [1.82, 2.24) is 10.3 Å². The molecule has 0 aliphatic heterocycles. The Morgan fingerprint density at radius 1 is 1.09 bits per heavy atom. The van der Waals surface area contributed by atoms with Gasteiger partial charge in [-0.2, -0.15) is 13.2 Å². The number of carbonyl (C=O) groups excluding carboxylic acids is 2. The highest BCUT2D eigenvalue weighted by Gasteiger charge is 2.31. The van der Waals surface area contributed by atoms with Crippen LogP contribution in [0.15, 0.2) is 48.5 Å². The number of hydrogen-bond acceptors (Lipinski definition) is 4. The molecule has 0 spiro atoms. The number of amides is 2. The van der Waals surface area contributed by atoms with Gasteiger partial charge in [0, 0.05) is 25.2 Å². The first-order valence-corrected chi connectivity index (χ1v) is 9.71. The summed E-state index contributed by atoms with van der Waals surface area (Å²) >= 11 is 0. The standard InChI is InChI=1S/C22H19F3N4O4/c1-12(30)27-11-10-16-18(21(26)31)20(15-4-2-3-5-17(15)29(32)33)28-19(16)13-6-8-14(9-7-13)22(23,24)25/h2-9,28H,10-11H2,1H3,(H2,26,31)(H,27,30). The summed E-state index contributed by atoms with van der Waals surface area (Å²) in [6.07, 6.45) is -4.43. The second-order valence-corrected chi connectivity index (χ2v) is 7.18. The molecule has 3 aromatic rings. The predicted molar refractivity (Wildman–Crippen MR) is 114 cm³/mol. The Kier molecular flexibility index (Phi) is 6.52. The average molecular weight is 460 g/mol. The number of para-hydroxylation sites is 1. The molecule has 2 amide bonds. The van der Waals surface area contributed by atoms with Crippen LogP contribution in [-0.2, 0) is 17.4 Å². The lowest BCUT2D eigenvalue weighted by atomic mass is 9.97. The quantitative estimate of drug-likeness (QED) is 0.363. The van der Waals surface area contributed by atoms with E-state index in [1.807, 2.05) is 0 Å². The molecule has 1 heterocycles. The SMILES string of the molecule is CC(=O)NCCc1c(-c2ccc(C(F)(F)F)cc2)[nH]c(-c2ccccc2[N+](=O)[O-])c1C(N)=O. The first kappa shape index (κ1) is 23.5. The first-order chi connectivity index (χ1) is 15.5. The van der Waals surface area contributed by atoms with Crippen LogP contribution in [0.1, 0.15) is 28.4 Å². The third-order valence-corrected chi connectivity index (χ3v) is 4.97. The van der Waals surface area contributed by atoms with Gasteiger partial charge in [-0.3, -0.25) is 19.7 Å². The molecule has 3 rings (SSSR count). The molecule has 0 bridgehead atoms. The first-order valence-electron chi connectivity index (χ1n) is 9.71. The Balaban J connectivity index is 2.24. The summed E-state index contributed by atoms with van der Waals surface area (Å²) in [4.78, 5) is 37.6. The van der Waals surface area contributed by atoms with Crippen LogP contribution in [0.2, 0.25) is 0 Å². The lowest BCUT2D eigenvalue weighted by Crippen LogP contribution is -2.23. The van der Waals surface area contributed by atoms with Gasteiger partial charge in [0.05, 0.1) is 27.3 Å². The molecule has 0 fully saturated rings. The molecule has 0 aliphatic carbocycles. The van der Waals surface area contributed by atoms with Crippen molar-refractivity contribution in [1.29, 1.82) is 0 Å². The molecule has 11 heteroatoms. The van der Waals surface area contributed by atoms with E-state index in [4.69, 9.17) is 5.73 Å². The zero-order valence-corrected chi connectivity index (χ0v) is 17.3. The summed E-state index contributed by atoms with van der Waals surface area (Å²) in [5.41, 5.74) is 5.52. The van der Waals surface area contributed by atoms with Gasteiger partial charge in [0.15, 0.2) is 0 Å². The van der Waals surface area contributed by atoms with E-state index in [-0.39, 0.29) is 47.1 Å². The molecule has 1 aromatic heterocycles. The summed E-state index contributed by atoms with van der Waals surface area (Å²) in [5, 5.41) is 14.1. The van der Waals surface area contributed by atoms with Gasteiger partial charge in [-0.1, -0.05) is 24.3 Å². The zero-order chi connectivity index (χ0) is 24.3. The minimum absolute atomic E-state index is 0.0375. The normalized spacial score (nSPS) is 11.3. The van der Waals surface area contributed by atoms with Gasteiger partial charge < -0.3 is 16.0 Å². The Morgan fingerprint density at radius 2 is 1.73 bits per heavy atom. The largest absolute Gasteiger partial charge is 0.416 e. The molecule has 8 nitrogen and oxygen atoms in total. The Bertz CT molecular complexity index is 1220. The van der Waals surface area contributed by atoms with Crippen molar-refractivity contribution in [2.75, 3.05) is 6.54 Å². The van der Waals surface area contributed by atoms with Crippen molar-refractivity contribution in [3.63, 3.8) is 0 Å². The van der Waals surface area contributed by atoms with Crippen LogP contribution in [0, 0.1) is 10.1 Å². The maximum atomic E-state index is 13.0. The van der Waals surface area contributed by atoms with Crippen molar-refractivity contribution >= 4 is 17.5 Å². The number of carbonyl (C=O) groups is 2. The third-order valence-electron chi connectivity index (χ3n) is 4.97. The number of nitrogens with one attached hydrogen (secondary N) is 2. The van der Waals surface area contributed by atoms with Gasteiger partial charge in [0.2, 0.25) is 5.91 Å². The van der Waals surface area contributed by atoms with E-state index < -0.39 is 22.6 Å². The minimum atomic E-state index is -4.53. The van der Waals surface area contributed by atoms with Gasteiger partial charge in [0.1, 0.15) is 0 Å². The highest BCUT2D eigenvalue weighted by molar-refractivity contribution is 6.04. The number of rotatable bonds is 7. The van der Waals surface area contributed by atoms with Gasteiger partial charge in [-0.15, -0.1) is 0 Å². The average Bonchev–Trinajstić information content (AvgIpc) is 3.12. The maximum Gasteiger partial charge on any atom is 0.416 e. The fourth-order valence-corrected chi connectivity index (χ4v) is 3.54. The maximum absolute atomic E-state index is 13.0. The number of nitro benzene ring substituents is 1. The van der Waals surface area contributed by atoms with E-state index >= 15 is 0 Å². The number of H-pyrrole nitrogens is 1. The predicted octanol–water partition coefficient (Wildman–Crippen LogP) is 4.05. The summed E-state index contributed by atoms with van der Waals surface area (Å²) in [6.45, 7) is 1.42. The van der Waals surface area contributed by atoms with E-state index in [9.17, 15) is 32.9 Å². The number of nitrogens with zero attached hydrogens (tertiary/aromatic N) is 1. The van der Waals surface area contributed by atoms with Crippen LogP contribution >= 0.6 is 0 Å². The van der Waals surface area contributed by atoms with Crippen molar-refractivity contribution in [2.24, 2.45) is 5.73 Å². The topological polar surface area (TPSA) is 131 Å². The number of benzene rings is 2. The fraction of sp³-hybridized carbons (Fsp3) is 0.182. The zero-order valence-electron chi connectivity index (χ0n) is 17.3. The molecule has 2 aromatic carbocycles. The molecule has 172 valence electrons. The lowest BCUT2D eigenvalue weighted by Gasteiger charge is -2.09. The van der Waals surface area contributed by atoms with E-state index in [1.165, 1.54) is 37.3 Å². The molecule has 0 radical (unpaired) electrons. The van der Waals surface area contributed by atoms with Gasteiger partial charge in [0.25, 0.3) is 11.6 Å². The summed E-state index contributed by atoms with van der Waals surface area (Å²) in [6, 6.07) is 9.94. The van der Waals surface area contributed by atoms with Crippen molar-refractivity contribution in [3.8, 4) is 22.5 Å². The van der Waals surface area contributed by atoms with Gasteiger partial charge >= 0.3 is 6.18 Å². The fourth-order valence-electron chi connectivity index (χ4n) is 3.54. The van der Waals surface area contributed by atoms with Crippen molar-refractivity contribution < 1.29 is 27.7 Å². The van der Waals surface area contributed by atoms with Crippen molar-refractivity contribution in [3.05, 3.63) is 75.3 Å². The number of aromatic amines is 1. The van der Waals surface area contributed by atoms with Crippen LogP contribution in [-0.4, -0.2) is 28.3 Å². The highest BCUT2D eigenvalue weighted by Crippen LogP contribution is 2.38. The number of aromatic nitrogens is 1. The molecular formula is C22H19F3N4O4. The van der Waals surface area contributed by atoms with Crippen LogP contribution in [0.3, 0.4) is 0 Å². The second kappa shape index (κ2) is 9.15. The van der Waals surface area contributed by atoms with E-state index in [2.05, 4.69) is 10.3 Å². The summed E-state index contributed by atoms with van der Waals surface area (Å²) in [7, 11) is 0. The van der Waals surface area contributed by atoms with E-state index in [1.54, 1.807) is 6.07 Å². The molecule has 0 saturated carbocycles. The third kappa shape index (κ3) is 5.03. The molecule has 0 unspecified atom stereocenters. The van der Waals surface area contributed by atoms with Gasteiger partial charge in [-0.05, 0) is 35.7 Å². The van der Waals surface area contributed by atoms with Crippen molar-refractivity contribution in [2.45, 2.75) is 19.5 Å². The molecule has 4 N–H and O–H groups in total. The number of nitrogens with two attached hydrogens (primary N) is 1. The van der Waals surface area contributed by atoms with Crippen LogP contribution in [0.25, 0.3) is 22.5 Å². The van der Waals surface area contributed by atoms with E-state index in [0.29, 0.717) is 11.1 Å². The summed E-state index contributed by atoms with van der Waals surface area (Å²) < 4.78 is 39.0. The van der Waals surface area contributed by atoms with Gasteiger partial charge in [-0.25, -0.2) is 0 Å². The van der Waals surface area contributed by atoms with Crippen LogP contribution < -0.4 is 11.1 Å². The number of hydrogen-bond donors (Lipinski definition) is 3. The number of alkyl halides is 3. The lowest BCUT2D eigenvalue weighted by molar-refractivity contribution is -0.384. The summed E-state index contributed by atoms with van der Waals surface area (Å²) in [5.74, 6) is -1.20. The molecule has 33 heavy (non-hydrogen) atoms. The monoisotopic (exact) mass is 460 g/mol. The molecule has 0 atom stereocenters.